The van der Waals surface area contributed by atoms with Crippen LogP contribution in [0.25, 0.3) is 0 Å². The van der Waals surface area contributed by atoms with E-state index in [9.17, 15) is 9.59 Å². The summed E-state index contributed by atoms with van der Waals surface area (Å²) in [6.45, 7) is 2.57. The smallest absolute Gasteiger partial charge is 0.319 e. The number of hydrogen-bond donors (Lipinski definition) is 2. The van der Waals surface area contributed by atoms with E-state index in [1.54, 1.807) is 30.2 Å². The van der Waals surface area contributed by atoms with Crippen LogP contribution in [-0.2, 0) is 4.79 Å². The van der Waals surface area contributed by atoms with Crippen molar-refractivity contribution in [2.24, 2.45) is 0 Å². The van der Waals surface area contributed by atoms with Gasteiger partial charge in [0.25, 0.3) is 0 Å². The van der Waals surface area contributed by atoms with E-state index in [0.717, 1.165) is 11.3 Å². The second-order valence-electron chi connectivity index (χ2n) is 6.33. The number of rotatable bonds is 5. The Hall–Kier alpha value is -3.22. The summed E-state index contributed by atoms with van der Waals surface area (Å²) >= 11 is 0. The van der Waals surface area contributed by atoms with Crippen molar-refractivity contribution in [2.75, 3.05) is 31.0 Å². The molecule has 1 aliphatic rings. The van der Waals surface area contributed by atoms with Crippen LogP contribution in [0.4, 0.5) is 16.2 Å². The number of ether oxygens (including phenoxy) is 2. The Balaban J connectivity index is 1.61. The van der Waals surface area contributed by atoms with Crippen molar-refractivity contribution in [3.63, 3.8) is 0 Å². The van der Waals surface area contributed by atoms with E-state index in [1.165, 1.54) is 7.11 Å². The number of benzene rings is 2. The Morgan fingerprint density at radius 1 is 1.07 bits per heavy atom. The van der Waals surface area contributed by atoms with Gasteiger partial charge in [-0.3, -0.25) is 4.79 Å². The molecule has 1 atom stereocenters. The Morgan fingerprint density at radius 2 is 1.78 bits per heavy atom. The molecule has 0 unspecified atom stereocenters. The first kappa shape index (κ1) is 18.6. The van der Waals surface area contributed by atoms with E-state index in [1.807, 2.05) is 31.2 Å². The number of carbonyl (C=O) groups excluding carboxylic acids is 2. The van der Waals surface area contributed by atoms with Gasteiger partial charge in [-0.15, -0.1) is 0 Å². The Morgan fingerprint density at radius 3 is 2.44 bits per heavy atom. The molecular weight excluding hydrogens is 346 g/mol. The van der Waals surface area contributed by atoms with Crippen LogP contribution in [-0.4, -0.2) is 38.7 Å². The van der Waals surface area contributed by atoms with E-state index in [-0.39, 0.29) is 5.91 Å². The normalized spacial score (nSPS) is 16.2. The van der Waals surface area contributed by atoms with Crippen LogP contribution < -0.4 is 25.0 Å². The van der Waals surface area contributed by atoms with Crippen LogP contribution in [0, 0.1) is 6.92 Å². The lowest BCUT2D eigenvalue weighted by Crippen LogP contribution is -2.43. The molecule has 1 aliphatic heterocycles. The quantitative estimate of drug-likeness (QED) is 0.849. The summed E-state index contributed by atoms with van der Waals surface area (Å²) in [6, 6.07) is 11.8. The SMILES string of the molecule is COc1ccc(NC(=O)N[C@@H]2CCN(c3ccc(C)cc3)C2=O)cc1OC. The average Bonchev–Trinajstić information content (AvgIpc) is 3.02. The average molecular weight is 369 g/mol. The number of aryl methyl sites for hydroxylation is 1. The lowest BCUT2D eigenvalue weighted by molar-refractivity contribution is -0.118. The zero-order valence-corrected chi connectivity index (χ0v) is 15.6. The number of methoxy groups -OCH3 is 2. The monoisotopic (exact) mass is 369 g/mol. The van der Waals surface area contributed by atoms with Crippen molar-refractivity contribution in [1.82, 2.24) is 5.32 Å². The van der Waals surface area contributed by atoms with Gasteiger partial charge in [-0.2, -0.15) is 0 Å². The van der Waals surface area contributed by atoms with E-state index < -0.39 is 12.1 Å². The summed E-state index contributed by atoms with van der Waals surface area (Å²) in [7, 11) is 3.07. The van der Waals surface area contributed by atoms with Crippen LogP contribution in [0.15, 0.2) is 42.5 Å². The highest BCUT2D eigenvalue weighted by atomic mass is 16.5. The number of nitrogens with zero attached hydrogens (tertiary/aromatic N) is 1. The fourth-order valence-electron chi connectivity index (χ4n) is 3.03. The second-order valence-corrected chi connectivity index (χ2v) is 6.33. The topological polar surface area (TPSA) is 79.9 Å². The third-order valence-corrected chi connectivity index (χ3v) is 4.50. The van der Waals surface area contributed by atoms with Crippen molar-refractivity contribution in [3.05, 3.63) is 48.0 Å². The number of nitrogens with one attached hydrogen (secondary N) is 2. The van der Waals surface area contributed by atoms with Crippen LogP contribution in [0.5, 0.6) is 11.5 Å². The Bertz CT molecular complexity index is 836. The maximum absolute atomic E-state index is 12.6. The molecule has 7 nitrogen and oxygen atoms in total. The van der Waals surface area contributed by atoms with Crippen molar-refractivity contribution >= 4 is 23.3 Å². The molecule has 1 saturated heterocycles. The van der Waals surface area contributed by atoms with Crippen LogP contribution >= 0.6 is 0 Å². The number of anilines is 2. The summed E-state index contributed by atoms with van der Waals surface area (Å²) in [5.74, 6) is 0.974. The van der Waals surface area contributed by atoms with Gasteiger partial charge in [0.05, 0.1) is 14.2 Å². The van der Waals surface area contributed by atoms with Gasteiger partial charge in [0.15, 0.2) is 11.5 Å². The number of hydrogen-bond acceptors (Lipinski definition) is 4. The first-order valence-electron chi connectivity index (χ1n) is 8.69. The lowest BCUT2D eigenvalue weighted by atomic mass is 10.2. The molecule has 0 spiro atoms. The molecule has 0 aliphatic carbocycles. The van der Waals surface area contributed by atoms with Crippen molar-refractivity contribution in [2.45, 2.75) is 19.4 Å². The van der Waals surface area contributed by atoms with Gasteiger partial charge in [-0.25, -0.2) is 4.79 Å². The van der Waals surface area contributed by atoms with Gasteiger partial charge in [0, 0.05) is 24.0 Å². The first-order chi connectivity index (χ1) is 13.0. The Kier molecular flexibility index (Phi) is 5.49. The minimum Gasteiger partial charge on any atom is -0.493 e. The first-order valence-corrected chi connectivity index (χ1v) is 8.69. The molecule has 2 aromatic carbocycles. The molecule has 0 bridgehead atoms. The maximum Gasteiger partial charge on any atom is 0.319 e. The standard InChI is InChI=1S/C20H23N3O4/c1-13-4-7-15(8-5-13)23-11-10-16(19(23)24)22-20(25)21-14-6-9-17(26-2)18(12-14)27-3/h4-9,12,16H,10-11H2,1-3H3,(H2,21,22,25)/t16-/m1/s1. The van der Waals surface area contributed by atoms with E-state index >= 15 is 0 Å². The molecule has 0 radical (unpaired) electrons. The molecule has 3 amide bonds. The summed E-state index contributed by atoms with van der Waals surface area (Å²) in [6.07, 6.45) is 0.562. The van der Waals surface area contributed by atoms with Gasteiger partial charge in [0.1, 0.15) is 6.04 Å². The third-order valence-electron chi connectivity index (χ3n) is 4.50. The second kappa shape index (κ2) is 7.99. The molecule has 1 fully saturated rings. The van der Waals surface area contributed by atoms with Crippen LogP contribution in [0.2, 0.25) is 0 Å². The van der Waals surface area contributed by atoms with Gasteiger partial charge >= 0.3 is 6.03 Å². The van der Waals surface area contributed by atoms with Crippen molar-refractivity contribution in [3.8, 4) is 11.5 Å². The number of carbonyl (C=O) groups is 2. The summed E-state index contributed by atoms with van der Waals surface area (Å²) in [5.41, 5.74) is 2.52. The molecular formula is C20H23N3O4. The fraction of sp³-hybridized carbons (Fsp3) is 0.300. The predicted molar refractivity (Wildman–Crippen MR) is 104 cm³/mol. The van der Waals surface area contributed by atoms with Crippen LogP contribution in [0.1, 0.15) is 12.0 Å². The lowest BCUT2D eigenvalue weighted by Gasteiger charge is -2.18. The molecule has 3 rings (SSSR count). The van der Waals surface area contributed by atoms with Gasteiger partial charge in [0.2, 0.25) is 5.91 Å². The fourth-order valence-corrected chi connectivity index (χ4v) is 3.03. The third kappa shape index (κ3) is 4.13. The molecule has 0 aromatic heterocycles. The zero-order valence-electron chi connectivity index (χ0n) is 15.6. The zero-order chi connectivity index (χ0) is 19.4. The summed E-state index contributed by atoms with van der Waals surface area (Å²) < 4.78 is 10.4. The number of amides is 3. The van der Waals surface area contributed by atoms with Gasteiger partial charge in [-0.1, -0.05) is 17.7 Å². The molecule has 2 N–H and O–H groups in total. The van der Waals surface area contributed by atoms with E-state index in [0.29, 0.717) is 30.2 Å². The van der Waals surface area contributed by atoms with E-state index in [4.69, 9.17) is 9.47 Å². The minimum atomic E-state index is -0.550. The largest absolute Gasteiger partial charge is 0.493 e. The highest BCUT2D eigenvalue weighted by Crippen LogP contribution is 2.29. The Labute approximate surface area is 158 Å². The van der Waals surface area contributed by atoms with Gasteiger partial charge < -0.3 is 25.0 Å². The van der Waals surface area contributed by atoms with Crippen molar-refractivity contribution in [1.29, 1.82) is 0 Å². The highest BCUT2D eigenvalue weighted by Gasteiger charge is 2.33. The maximum atomic E-state index is 12.6. The molecule has 142 valence electrons. The van der Waals surface area contributed by atoms with Gasteiger partial charge in [-0.05, 0) is 37.6 Å². The highest BCUT2D eigenvalue weighted by molar-refractivity contribution is 6.02. The van der Waals surface area contributed by atoms with Crippen molar-refractivity contribution < 1.29 is 19.1 Å². The van der Waals surface area contributed by atoms with E-state index in [2.05, 4.69) is 10.6 Å². The minimum absolute atomic E-state index is 0.110. The molecule has 27 heavy (non-hydrogen) atoms. The number of urea groups is 1. The van der Waals surface area contributed by atoms with Crippen LogP contribution in [0.3, 0.4) is 0 Å². The predicted octanol–water partition coefficient (Wildman–Crippen LogP) is 2.94. The molecule has 1 heterocycles. The summed E-state index contributed by atoms with van der Waals surface area (Å²) in [5, 5.41) is 5.46. The summed E-state index contributed by atoms with van der Waals surface area (Å²) in [4.78, 5) is 26.6. The molecule has 0 saturated carbocycles. The molecule has 2 aromatic rings. The molecule has 7 heteroatoms.